The van der Waals surface area contributed by atoms with Crippen LogP contribution in [0.2, 0.25) is 0 Å². The van der Waals surface area contributed by atoms with Crippen LogP contribution in [0.5, 0.6) is 0 Å². The Morgan fingerprint density at radius 1 is 0.660 bits per heavy atom. The highest BCUT2D eigenvalue weighted by atomic mass is 16.5. The van der Waals surface area contributed by atoms with Gasteiger partial charge in [0.1, 0.15) is 22.5 Å². The number of rotatable bonds is 0. The molecule has 6 amide bonds. The fourth-order valence-corrected chi connectivity index (χ4v) is 6.22. The Balaban J connectivity index is 1.96. The lowest BCUT2D eigenvalue weighted by atomic mass is 9.90. The fraction of sp³-hybridized carbons (Fsp3) is 0.543. The zero-order valence-corrected chi connectivity index (χ0v) is 31.3. The highest BCUT2D eigenvalue weighted by Gasteiger charge is 2.33. The predicted octanol–water partition coefficient (Wildman–Crippen LogP) is 0.379. The third-order valence-corrected chi connectivity index (χ3v) is 9.93. The van der Waals surface area contributed by atoms with Gasteiger partial charge in [0.05, 0.1) is 6.17 Å². The van der Waals surface area contributed by atoms with Crippen molar-refractivity contribution < 1.29 is 39.2 Å². The van der Waals surface area contributed by atoms with Gasteiger partial charge in [-0.2, -0.15) is 0 Å². The predicted molar refractivity (Wildman–Crippen MR) is 191 cm³/mol. The molecule has 0 radical (unpaired) electrons. The molecule has 5 rings (SSSR count). The van der Waals surface area contributed by atoms with Gasteiger partial charge in [-0.15, -0.1) is 9.46 Å². The Hall–Kier alpha value is -5.68. The molecule has 3 aliphatic heterocycles. The van der Waals surface area contributed by atoms with E-state index in [-0.39, 0.29) is 51.7 Å². The Kier molecular flexibility index (Phi) is 13.9. The molecular formula is C35H50N8O10. The van der Waals surface area contributed by atoms with Gasteiger partial charge >= 0.3 is 0 Å². The number of hydrogen-bond donors (Lipinski definition) is 6. The third kappa shape index (κ3) is 9.81. The highest BCUT2D eigenvalue weighted by molar-refractivity contribution is 5.98. The summed E-state index contributed by atoms with van der Waals surface area (Å²) in [5.74, 6) is -4.42. The van der Waals surface area contributed by atoms with Crippen molar-refractivity contribution in [3.63, 3.8) is 0 Å². The lowest BCUT2D eigenvalue weighted by Crippen LogP contribution is -2.53. The zero-order valence-electron chi connectivity index (χ0n) is 31.3. The first kappa shape index (κ1) is 41.7. The summed E-state index contributed by atoms with van der Waals surface area (Å²) in [6.45, 7) is 14.3. The number of fused-ring (bicyclic) bond motifs is 2. The summed E-state index contributed by atoms with van der Waals surface area (Å²) in [7, 11) is 0. The number of carbonyl (C=O) groups is 6. The molecule has 2 aromatic heterocycles. The summed E-state index contributed by atoms with van der Waals surface area (Å²) in [6.07, 6.45) is -0.292. The topological polar surface area (TPSA) is 241 Å². The second-order valence-electron chi connectivity index (χ2n) is 13.6. The molecule has 0 saturated carbocycles. The van der Waals surface area contributed by atoms with Gasteiger partial charge < -0.3 is 41.5 Å². The first-order chi connectivity index (χ1) is 24.8. The molecule has 6 N–H and O–H groups in total. The molecule has 6 atom stereocenters. The second kappa shape index (κ2) is 17.7. The highest BCUT2D eigenvalue weighted by Crippen LogP contribution is 2.24. The SMILES string of the molecule is CC(=O)N1CCCNC(=O)c2ccc(n(O)c2=O)C(=O)NC(C)NC(=O)c2ccc(c(=O)n2O)C(=O)NC(C)C(C)C(C)N(C(C)=O)C(C)C(C)CC1. The van der Waals surface area contributed by atoms with Gasteiger partial charge in [-0.3, -0.25) is 38.4 Å². The van der Waals surface area contributed by atoms with E-state index in [4.69, 9.17) is 0 Å². The average molecular weight is 743 g/mol. The molecule has 0 fully saturated rings. The lowest BCUT2D eigenvalue weighted by Gasteiger charge is -2.41. The van der Waals surface area contributed by atoms with Crippen molar-refractivity contribution >= 4 is 35.4 Å². The molecule has 0 saturated heterocycles. The fourth-order valence-electron chi connectivity index (χ4n) is 6.22. The summed E-state index contributed by atoms with van der Waals surface area (Å²) in [5, 5.41) is 31.0. The van der Waals surface area contributed by atoms with E-state index in [9.17, 15) is 48.8 Å². The first-order valence-corrected chi connectivity index (χ1v) is 17.4. The second-order valence-corrected chi connectivity index (χ2v) is 13.6. The van der Waals surface area contributed by atoms with Gasteiger partial charge in [-0.25, -0.2) is 0 Å². The van der Waals surface area contributed by atoms with E-state index in [0.29, 0.717) is 25.9 Å². The third-order valence-electron chi connectivity index (χ3n) is 9.93. The van der Waals surface area contributed by atoms with Crippen molar-refractivity contribution in [3.8, 4) is 0 Å². The molecule has 6 unspecified atom stereocenters. The summed E-state index contributed by atoms with van der Waals surface area (Å²) in [4.78, 5) is 106. The minimum Gasteiger partial charge on any atom is -0.425 e. The van der Waals surface area contributed by atoms with E-state index in [1.54, 1.807) is 16.7 Å². The number of carbonyl (C=O) groups excluding carboxylic acids is 6. The minimum atomic E-state index is -1.19. The Morgan fingerprint density at radius 3 is 1.66 bits per heavy atom. The first-order valence-electron chi connectivity index (χ1n) is 17.4. The number of aromatic nitrogens is 2. The van der Waals surface area contributed by atoms with Gasteiger partial charge in [-0.1, -0.05) is 13.8 Å². The number of nitrogens with one attached hydrogen (secondary N) is 4. The molecule has 53 heavy (non-hydrogen) atoms. The summed E-state index contributed by atoms with van der Waals surface area (Å²) in [6, 6.07) is 2.98. The van der Waals surface area contributed by atoms with Gasteiger partial charge in [0.25, 0.3) is 34.7 Å². The molecule has 0 aromatic carbocycles. The standard InChI is InChI=1S/C35H50N8O10/c1-18-14-17-40(24(7)44)16-9-15-36-30(46)26-10-12-28(42(52)34(26)50)32(48)38-23(6)39-33(49)29-13-11-27(35(51)43(29)53)31(47)37-20(3)19(2)22(5)41(21(18)4)25(8)45/h10-13,18-23,52-53H,9,14-17H2,1-8H3,(H,36,46)(H,37,47)(H,38,48)(H,39,49). The van der Waals surface area contributed by atoms with Crippen LogP contribution in [0.15, 0.2) is 33.9 Å². The normalized spacial score (nSPS) is 24.6. The van der Waals surface area contributed by atoms with Crippen LogP contribution in [-0.4, -0.2) is 109 Å². The molecular weight excluding hydrogens is 692 g/mol. The molecule has 2 aromatic rings. The molecule has 4 bridgehead atoms. The smallest absolute Gasteiger partial charge is 0.296 e. The van der Waals surface area contributed by atoms with Crippen molar-refractivity contribution in [2.45, 2.75) is 92.5 Å². The van der Waals surface area contributed by atoms with Crippen LogP contribution in [0.1, 0.15) is 110 Å². The Morgan fingerprint density at radius 2 is 1.17 bits per heavy atom. The largest absolute Gasteiger partial charge is 0.425 e. The van der Waals surface area contributed by atoms with Crippen molar-refractivity contribution in [1.29, 1.82) is 0 Å². The van der Waals surface area contributed by atoms with E-state index in [1.165, 1.54) is 20.8 Å². The van der Waals surface area contributed by atoms with Crippen LogP contribution < -0.4 is 32.4 Å². The van der Waals surface area contributed by atoms with E-state index in [0.717, 1.165) is 24.3 Å². The van der Waals surface area contributed by atoms with Crippen LogP contribution >= 0.6 is 0 Å². The maximum atomic E-state index is 13.2. The van der Waals surface area contributed by atoms with Gasteiger partial charge in [-0.05, 0) is 76.6 Å². The van der Waals surface area contributed by atoms with Gasteiger partial charge in [0.15, 0.2) is 0 Å². The maximum Gasteiger partial charge on any atom is 0.296 e. The van der Waals surface area contributed by atoms with Crippen LogP contribution in [0, 0.1) is 11.8 Å². The molecule has 5 heterocycles. The Labute approximate surface area is 306 Å². The van der Waals surface area contributed by atoms with Gasteiger partial charge in [0, 0.05) is 51.6 Å². The quantitative estimate of drug-likeness (QED) is 0.203. The molecule has 290 valence electrons. The van der Waals surface area contributed by atoms with Crippen molar-refractivity contribution in [1.82, 2.24) is 40.5 Å². The van der Waals surface area contributed by atoms with Crippen molar-refractivity contribution in [2.24, 2.45) is 11.8 Å². The minimum absolute atomic E-state index is 0.00443. The monoisotopic (exact) mass is 742 g/mol. The van der Waals surface area contributed by atoms with Crippen LogP contribution in [0.3, 0.4) is 0 Å². The van der Waals surface area contributed by atoms with Crippen LogP contribution in [0.4, 0.5) is 0 Å². The zero-order chi connectivity index (χ0) is 39.9. The number of pyridine rings is 2. The maximum absolute atomic E-state index is 13.2. The van der Waals surface area contributed by atoms with Crippen molar-refractivity contribution in [3.05, 3.63) is 67.5 Å². The van der Waals surface area contributed by atoms with Gasteiger partial charge in [0.2, 0.25) is 11.8 Å². The molecule has 18 heteroatoms. The molecule has 0 spiro atoms. The van der Waals surface area contributed by atoms with Crippen molar-refractivity contribution in [2.75, 3.05) is 19.6 Å². The summed E-state index contributed by atoms with van der Waals surface area (Å²) < 4.78 is -0.0181. The van der Waals surface area contributed by atoms with E-state index >= 15 is 0 Å². The molecule has 3 aliphatic rings. The lowest BCUT2D eigenvalue weighted by molar-refractivity contribution is -0.136. The van der Waals surface area contributed by atoms with E-state index in [2.05, 4.69) is 21.3 Å². The number of nitrogens with zero attached hydrogens (tertiary/aromatic N) is 4. The average Bonchev–Trinajstić information content (AvgIpc) is 3.08. The van der Waals surface area contributed by atoms with E-state index < -0.39 is 69.5 Å². The molecule has 18 nitrogen and oxygen atoms in total. The summed E-state index contributed by atoms with van der Waals surface area (Å²) >= 11 is 0. The molecule has 0 aliphatic carbocycles. The summed E-state index contributed by atoms with van der Waals surface area (Å²) in [5.41, 5.74) is -4.41. The Bertz CT molecular complexity index is 1860. The van der Waals surface area contributed by atoms with Crippen LogP contribution in [-0.2, 0) is 9.59 Å². The number of hydrogen-bond acceptors (Lipinski definition) is 10. The van der Waals surface area contributed by atoms with Crippen LogP contribution in [0.25, 0.3) is 0 Å². The van der Waals surface area contributed by atoms with E-state index in [1.807, 2.05) is 27.7 Å². The number of amides is 6.